The van der Waals surface area contributed by atoms with Crippen molar-refractivity contribution in [2.24, 2.45) is 0 Å². The van der Waals surface area contributed by atoms with E-state index in [1.165, 1.54) is 0 Å². The number of hydrogen-bond donors (Lipinski definition) is 3. The second-order valence-corrected chi connectivity index (χ2v) is 3.54. The summed E-state index contributed by atoms with van der Waals surface area (Å²) < 4.78 is 0. The molecule has 1 aromatic carbocycles. The first kappa shape index (κ1) is 12.7. The van der Waals surface area contributed by atoms with Gasteiger partial charge in [-0.2, -0.15) is 0 Å². The van der Waals surface area contributed by atoms with Crippen LogP contribution in [0.3, 0.4) is 0 Å². The fraction of sp³-hybridized carbons (Fsp3) is 0.417. The molecule has 0 saturated carbocycles. The fourth-order valence-electron chi connectivity index (χ4n) is 1.42. The van der Waals surface area contributed by atoms with Gasteiger partial charge >= 0.3 is 0 Å². The summed E-state index contributed by atoms with van der Waals surface area (Å²) in [6, 6.07) is 7.65. The predicted molar refractivity (Wildman–Crippen MR) is 62.8 cm³/mol. The molecule has 1 aromatic rings. The van der Waals surface area contributed by atoms with Gasteiger partial charge in [-0.25, -0.2) is 0 Å². The minimum Gasteiger partial charge on any atom is -0.392 e. The zero-order valence-electron chi connectivity index (χ0n) is 9.49. The van der Waals surface area contributed by atoms with Crippen LogP contribution in [0.4, 0.5) is 0 Å². The molecule has 0 aliphatic rings. The highest BCUT2D eigenvalue weighted by Gasteiger charge is 1.99. The summed E-state index contributed by atoms with van der Waals surface area (Å²) in [6.07, 6.45) is 0. The van der Waals surface area contributed by atoms with Gasteiger partial charge in [-0.1, -0.05) is 24.3 Å². The van der Waals surface area contributed by atoms with E-state index in [0.717, 1.165) is 11.1 Å². The van der Waals surface area contributed by atoms with E-state index in [4.69, 9.17) is 5.11 Å². The fourth-order valence-corrected chi connectivity index (χ4v) is 1.42. The first-order chi connectivity index (χ1) is 7.76. The molecule has 0 aliphatic carbocycles. The second kappa shape index (κ2) is 6.98. The summed E-state index contributed by atoms with van der Waals surface area (Å²) in [4.78, 5) is 11.1. The molecule has 0 unspecified atom stereocenters. The van der Waals surface area contributed by atoms with Crippen molar-refractivity contribution in [2.75, 3.05) is 13.1 Å². The molecule has 1 rings (SSSR count). The lowest BCUT2D eigenvalue weighted by molar-refractivity contribution is -0.120. The standard InChI is InChI=1S/C12H18N2O2/c1-2-14-12(16)8-13-7-10-4-3-5-11(6-10)9-15/h3-6,13,15H,2,7-9H2,1H3,(H,14,16). The highest BCUT2D eigenvalue weighted by Crippen LogP contribution is 2.04. The van der Waals surface area contributed by atoms with Gasteiger partial charge in [0.15, 0.2) is 0 Å². The second-order valence-electron chi connectivity index (χ2n) is 3.54. The van der Waals surface area contributed by atoms with Gasteiger partial charge in [-0.15, -0.1) is 0 Å². The Morgan fingerprint density at radius 3 is 2.81 bits per heavy atom. The van der Waals surface area contributed by atoms with Gasteiger partial charge < -0.3 is 15.7 Å². The predicted octanol–water partition coefficient (Wildman–Crippen LogP) is 0.405. The van der Waals surface area contributed by atoms with E-state index in [9.17, 15) is 4.79 Å². The van der Waals surface area contributed by atoms with Crippen LogP contribution in [0.1, 0.15) is 18.1 Å². The van der Waals surface area contributed by atoms with Crippen molar-refractivity contribution in [2.45, 2.75) is 20.1 Å². The van der Waals surface area contributed by atoms with Gasteiger partial charge in [0.25, 0.3) is 0 Å². The monoisotopic (exact) mass is 222 g/mol. The minimum absolute atomic E-state index is 0.000753. The van der Waals surface area contributed by atoms with E-state index in [1.54, 1.807) is 0 Å². The average Bonchev–Trinajstić information content (AvgIpc) is 2.30. The van der Waals surface area contributed by atoms with E-state index >= 15 is 0 Å². The van der Waals surface area contributed by atoms with Crippen LogP contribution in [0.25, 0.3) is 0 Å². The largest absolute Gasteiger partial charge is 0.392 e. The molecule has 0 saturated heterocycles. The van der Waals surface area contributed by atoms with Crippen molar-refractivity contribution in [1.29, 1.82) is 0 Å². The van der Waals surface area contributed by atoms with Crippen LogP contribution in [-0.2, 0) is 17.9 Å². The van der Waals surface area contributed by atoms with Gasteiger partial charge in [-0.3, -0.25) is 4.79 Å². The molecule has 1 amide bonds. The number of aliphatic hydroxyl groups is 1. The van der Waals surface area contributed by atoms with Crippen molar-refractivity contribution in [3.8, 4) is 0 Å². The highest BCUT2D eigenvalue weighted by molar-refractivity contribution is 5.77. The number of benzene rings is 1. The van der Waals surface area contributed by atoms with E-state index in [-0.39, 0.29) is 12.5 Å². The number of carbonyl (C=O) groups is 1. The van der Waals surface area contributed by atoms with E-state index < -0.39 is 0 Å². The van der Waals surface area contributed by atoms with Gasteiger partial charge in [0.2, 0.25) is 5.91 Å². The van der Waals surface area contributed by atoms with Crippen LogP contribution < -0.4 is 10.6 Å². The lowest BCUT2D eigenvalue weighted by Gasteiger charge is -2.06. The Morgan fingerprint density at radius 1 is 1.38 bits per heavy atom. The lowest BCUT2D eigenvalue weighted by atomic mass is 10.1. The number of rotatable bonds is 6. The Hall–Kier alpha value is -1.39. The third-order valence-corrected chi connectivity index (χ3v) is 2.16. The third kappa shape index (κ3) is 4.42. The smallest absolute Gasteiger partial charge is 0.233 e. The molecule has 0 aliphatic heterocycles. The first-order valence-electron chi connectivity index (χ1n) is 5.42. The zero-order chi connectivity index (χ0) is 11.8. The summed E-state index contributed by atoms with van der Waals surface area (Å²) in [5.74, 6) is 0.000753. The molecular formula is C12H18N2O2. The zero-order valence-corrected chi connectivity index (χ0v) is 9.49. The van der Waals surface area contributed by atoms with Crippen molar-refractivity contribution < 1.29 is 9.90 Å². The Labute approximate surface area is 95.7 Å². The van der Waals surface area contributed by atoms with Crippen LogP contribution >= 0.6 is 0 Å². The summed E-state index contributed by atoms with van der Waals surface area (Å²) in [7, 11) is 0. The molecule has 0 atom stereocenters. The Balaban J connectivity index is 2.34. The summed E-state index contributed by atoms with van der Waals surface area (Å²) >= 11 is 0. The Kier molecular flexibility index (Phi) is 5.53. The number of amides is 1. The van der Waals surface area contributed by atoms with Gasteiger partial charge in [0.1, 0.15) is 0 Å². The van der Waals surface area contributed by atoms with E-state index in [0.29, 0.717) is 19.6 Å². The average molecular weight is 222 g/mol. The van der Waals surface area contributed by atoms with Crippen LogP contribution in [0.5, 0.6) is 0 Å². The van der Waals surface area contributed by atoms with Crippen LogP contribution in [0.15, 0.2) is 24.3 Å². The number of nitrogens with one attached hydrogen (secondary N) is 2. The van der Waals surface area contributed by atoms with Crippen molar-refractivity contribution >= 4 is 5.91 Å². The molecule has 3 N–H and O–H groups in total. The lowest BCUT2D eigenvalue weighted by Crippen LogP contribution is -2.33. The summed E-state index contributed by atoms with van der Waals surface area (Å²) in [5, 5.41) is 14.7. The van der Waals surface area contributed by atoms with E-state index in [1.807, 2.05) is 31.2 Å². The van der Waals surface area contributed by atoms with Crippen LogP contribution in [-0.4, -0.2) is 24.1 Å². The van der Waals surface area contributed by atoms with Gasteiger partial charge in [-0.05, 0) is 18.1 Å². The Bertz CT molecular complexity index is 340. The van der Waals surface area contributed by atoms with Gasteiger partial charge in [0.05, 0.1) is 13.2 Å². The quantitative estimate of drug-likeness (QED) is 0.653. The molecule has 4 heteroatoms. The molecule has 4 nitrogen and oxygen atoms in total. The summed E-state index contributed by atoms with van der Waals surface area (Å²) in [6.45, 7) is 3.54. The highest BCUT2D eigenvalue weighted by atomic mass is 16.3. The van der Waals surface area contributed by atoms with Crippen LogP contribution in [0, 0.1) is 0 Å². The number of hydrogen-bond acceptors (Lipinski definition) is 3. The molecule has 0 heterocycles. The van der Waals surface area contributed by atoms with Crippen molar-refractivity contribution in [3.05, 3.63) is 35.4 Å². The molecule has 0 radical (unpaired) electrons. The first-order valence-corrected chi connectivity index (χ1v) is 5.42. The molecule has 0 spiro atoms. The molecule has 0 fully saturated rings. The Morgan fingerprint density at radius 2 is 2.12 bits per heavy atom. The molecule has 16 heavy (non-hydrogen) atoms. The number of carbonyl (C=O) groups excluding carboxylic acids is 1. The molecule has 88 valence electrons. The van der Waals surface area contributed by atoms with Crippen molar-refractivity contribution in [1.82, 2.24) is 10.6 Å². The van der Waals surface area contributed by atoms with Crippen molar-refractivity contribution in [3.63, 3.8) is 0 Å². The third-order valence-electron chi connectivity index (χ3n) is 2.16. The number of aliphatic hydroxyl groups excluding tert-OH is 1. The van der Waals surface area contributed by atoms with Gasteiger partial charge in [0, 0.05) is 13.1 Å². The molecule has 0 bridgehead atoms. The maximum atomic E-state index is 11.1. The minimum atomic E-state index is 0.000753. The van der Waals surface area contributed by atoms with E-state index in [2.05, 4.69) is 10.6 Å². The maximum Gasteiger partial charge on any atom is 0.233 e. The van der Waals surface area contributed by atoms with Crippen LogP contribution in [0.2, 0.25) is 0 Å². The number of likely N-dealkylation sites (N-methyl/N-ethyl adjacent to an activating group) is 1. The topological polar surface area (TPSA) is 61.4 Å². The molecular weight excluding hydrogens is 204 g/mol. The maximum absolute atomic E-state index is 11.1. The molecule has 0 aromatic heterocycles. The SMILES string of the molecule is CCNC(=O)CNCc1cccc(CO)c1. The normalized spacial score (nSPS) is 10.1. The summed E-state index contributed by atoms with van der Waals surface area (Å²) in [5.41, 5.74) is 1.95.